The highest BCUT2D eigenvalue weighted by Gasteiger charge is 2.54. The van der Waals surface area contributed by atoms with Crippen LogP contribution in [0.4, 0.5) is 4.79 Å². The SMILES string of the molecule is C[C@@H](O[Si](C)(C)C(C)(C)C)[C@H](OCc1ccccc1)[C@H](O)[C@@H](OCc1ccccc1)C(=O)N1C(=O)OC(C)(C)[C@H]1Cc1ccccc1. The predicted molar refractivity (Wildman–Crippen MR) is 185 cm³/mol. The average Bonchev–Trinajstić information content (AvgIpc) is 3.24. The molecular formula is C38H51NO7Si. The maximum atomic E-state index is 14.6. The summed E-state index contributed by atoms with van der Waals surface area (Å²) in [4.78, 5) is 29.2. The van der Waals surface area contributed by atoms with Gasteiger partial charge >= 0.3 is 6.09 Å². The van der Waals surface area contributed by atoms with Crippen molar-refractivity contribution in [3.63, 3.8) is 0 Å². The molecule has 0 unspecified atom stereocenters. The fourth-order valence-electron chi connectivity index (χ4n) is 5.57. The lowest BCUT2D eigenvalue weighted by atomic mass is 9.91. The molecular weight excluding hydrogens is 611 g/mol. The van der Waals surface area contributed by atoms with Gasteiger partial charge in [-0.2, -0.15) is 0 Å². The molecule has 47 heavy (non-hydrogen) atoms. The maximum Gasteiger partial charge on any atom is 0.417 e. The van der Waals surface area contributed by atoms with Gasteiger partial charge in [0.2, 0.25) is 0 Å². The number of carbonyl (C=O) groups is 2. The molecule has 1 aliphatic rings. The van der Waals surface area contributed by atoms with Crippen LogP contribution in [0.25, 0.3) is 0 Å². The van der Waals surface area contributed by atoms with Gasteiger partial charge in [0.25, 0.3) is 5.91 Å². The fraction of sp³-hybridized carbons (Fsp3) is 0.474. The van der Waals surface area contributed by atoms with Gasteiger partial charge in [-0.25, -0.2) is 9.69 Å². The number of hydrogen-bond donors (Lipinski definition) is 1. The van der Waals surface area contributed by atoms with Crippen molar-refractivity contribution in [1.82, 2.24) is 4.90 Å². The zero-order valence-corrected chi connectivity index (χ0v) is 30.0. The molecule has 1 aliphatic heterocycles. The summed E-state index contributed by atoms with van der Waals surface area (Å²) in [6.07, 6.45) is -4.90. The summed E-state index contributed by atoms with van der Waals surface area (Å²) >= 11 is 0. The molecule has 0 bridgehead atoms. The van der Waals surface area contributed by atoms with Gasteiger partial charge < -0.3 is 23.7 Å². The van der Waals surface area contributed by atoms with Crippen molar-refractivity contribution >= 4 is 20.3 Å². The van der Waals surface area contributed by atoms with E-state index in [0.29, 0.717) is 6.42 Å². The minimum Gasteiger partial charge on any atom is -0.441 e. The van der Waals surface area contributed by atoms with Crippen molar-refractivity contribution in [1.29, 1.82) is 0 Å². The average molecular weight is 662 g/mol. The minimum absolute atomic E-state index is 0.0345. The maximum absolute atomic E-state index is 14.6. The first-order valence-electron chi connectivity index (χ1n) is 16.4. The van der Waals surface area contributed by atoms with Gasteiger partial charge in [0.15, 0.2) is 14.4 Å². The zero-order valence-electron chi connectivity index (χ0n) is 29.0. The number of carbonyl (C=O) groups excluding carboxylic acids is 2. The Labute approximate surface area is 281 Å². The number of aliphatic hydroxyl groups is 1. The lowest BCUT2D eigenvalue weighted by molar-refractivity contribution is -0.172. The van der Waals surface area contributed by atoms with Crippen LogP contribution in [0.2, 0.25) is 18.1 Å². The van der Waals surface area contributed by atoms with Gasteiger partial charge in [0.1, 0.15) is 17.8 Å². The molecule has 3 aromatic rings. The molecule has 0 aliphatic carbocycles. The largest absolute Gasteiger partial charge is 0.441 e. The molecule has 1 fully saturated rings. The number of aliphatic hydroxyl groups excluding tert-OH is 1. The van der Waals surface area contributed by atoms with Gasteiger partial charge in [0.05, 0.1) is 25.4 Å². The third kappa shape index (κ3) is 9.18. The second-order valence-corrected chi connectivity index (χ2v) is 19.2. The third-order valence-electron chi connectivity index (χ3n) is 9.37. The zero-order chi connectivity index (χ0) is 34.4. The highest BCUT2D eigenvalue weighted by atomic mass is 28.4. The number of hydrogen-bond acceptors (Lipinski definition) is 7. The van der Waals surface area contributed by atoms with E-state index in [9.17, 15) is 14.7 Å². The van der Waals surface area contributed by atoms with Crippen molar-refractivity contribution in [2.24, 2.45) is 0 Å². The van der Waals surface area contributed by atoms with Crippen LogP contribution in [0.3, 0.4) is 0 Å². The van der Waals surface area contributed by atoms with Gasteiger partial charge in [-0.05, 0) is 62.0 Å². The van der Waals surface area contributed by atoms with Gasteiger partial charge in [-0.1, -0.05) is 112 Å². The number of cyclic esters (lactones) is 1. The Kier molecular flexibility index (Phi) is 11.8. The Bertz CT molecular complexity index is 1440. The normalized spacial score (nSPS) is 19.1. The molecule has 0 spiro atoms. The van der Waals surface area contributed by atoms with Crippen molar-refractivity contribution < 1.29 is 33.3 Å². The van der Waals surface area contributed by atoms with Gasteiger partial charge in [-0.3, -0.25) is 4.79 Å². The summed E-state index contributed by atoms with van der Waals surface area (Å²) in [5, 5.41) is 12.1. The van der Waals surface area contributed by atoms with Crippen LogP contribution in [-0.2, 0) is 43.1 Å². The highest BCUT2D eigenvalue weighted by Crippen LogP contribution is 2.39. The second-order valence-electron chi connectivity index (χ2n) is 14.4. The van der Waals surface area contributed by atoms with Crippen LogP contribution < -0.4 is 0 Å². The number of imide groups is 1. The molecule has 0 aromatic heterocycles. The standard InChI is InChI=1S/C38H51NO7Si/c1-27(46-47(7,8)37(2,3)4)33(43-25-29-20-14-10-15-21-29)32(40)34(44-26-30-22-16-11-17-23-30)35(41)39-31(38(5,6)45-36(39)42)24-28-18-12-9-13-19-28/h9-23,27,31-34,40H,24-26H2,1-8H3/t27-,31-,32+,33+,34-/m1/s1. The Hall–Kier alpha value is -3.34. The number of ether oxygens (including phenoxy) is 3. The molecule has 1 saturated heterocycles. The van der Waals surface area contributed by atoms with Crippen LogP contribution in [0.15, 0.2) is 91.0 Å². The van der Waals surface area contributed by atoms with E-state index in [2.05, 4.69) is 33.9 Å². The summed E-state index contributed by atoms with van der Waals surface area (Å²) in [7, 11) is -2.33. The lowest BCUT2D eigenvalue weighted by Crippen LogP contribution is -2.58. The monoisotopic (exact) mass is 661 g/mol. The Morgan fingerprint density at radius 1 is 0.872 bits per heavy atom. The van der Waals surface area contributed by atoms with E-state index in [1.54, 1.807) is 13.8 Å². The number of benzene rings is 3. The van der Waals surface area contributed by atoms with Gasteiger partial charge in [-0.15, -0.1) is 0 Å². The summed E-state index contributed by atoms with van der Waals surface area (Å²) in [5.41, 5.74) is 1.70. The van der Waals surface area contributed by atoms with Crippen molar-refractivity contribution in [2.45, 2.75) is 115 Å². The first kappa shape index (κ1) is 36.5. The smallest absolute Gasteiger partial charge is 0.417 e. The Morgan fingerprint density at radius 2 is 1.34 bits per heavy atom. The fourth-order valence-corrected chi connectivity index (χ4v) is 6.99. The number of amides is 2. The van der Waals surface area contributed by atoms with E-state index in [1.807, 2.05) is 97.9 Å². The first-order chi connectivity index (χ1) is 22.1. The molecule has 1 N–H and O–H groups in total. The van der Waals surface area contributed by atoms with Crippen LogP contribution >= 0.6 is 0 Å². The quantitative estimate of drug-likeness (QED) is 0.181. The van der Waals surface area contributed by atoms with Crippen molar-refractivity contribution in [3.05, 3.63) is 108 Å². The summed E-state index contributed by atoms with van der Waals surface area (Å²) in [6.45, 7) is 16.4. The Balaban J connectivity index is 1.71. The molecule has 0 saturated carbocycles. The van der Waals surface area contributed by atoms with E-state index in [0.717, 1.165) is 21.6 Å². The van der Waals surface area contributed by atoms with E-state index in [-0.39, 0.29) is 18.3 Å². The van der Waals surface area contributed by atoms with Crippen LogP contribution in [0, 0.1) is 0 Å². The molecule has 9 heteroatoms. The van der Waals surface area contributed by atoms with Gasteiger partial charge in [0, 0.05) is 0 Å². The van der Waals surface area contributed by atoms with Crippen LogP contribution in [0.5, 0.6) is 0 Å². The predicted octanol–water partition coefficient (Wildman–Crippen LogP) is 7.30. The highest BCUT2D eigenvalue weighted by molar-refractivity contribution is 6.74. The first-order valence-corrected chi connectivity index (χ1v) is 19.3. The molecule has 2 amide bonds. The molecule has 4 rings (SSSR count). The lowest BCUT2D eigenvalue weighted by Gasteiger charge is -2.42. The third-order valence-corrected chi connectivity index (χ3v) is 13.9. The molecule has 0 radical (unpaired) electrons. The van der Waals surface area contributed by atoms with E-state index in [4.69, 9.17) is 18.6 Å². The van der Waals surface area contributed by atoms with E-state index < -0.39 is 56.4 Å². The summed E-state index contributed by atoms with van der Waals surface area (Å²) in [5.74, 6) is -0.683. The molecule has 5 atom stereocenters. The molecule has 8 nitrogen and oxygen atoms in total. The van der Waals surface area contributed by atoms with Crippen LogP contribution in [-0.4, -0.2) is 66.4 Å². The van der Waals surface area contributed by atoms with Crippen molar-refractivity contribution in [3.8, 4) is 0 Å². The van der Waals surface area contributed by atoms with E-state index in [1.165, 1.54) is 0 Å². The topological polar surface area (TPSA) is 94.5 Å². The minimum atomic E-state index is -2.33. The molecule has 254 valence electrons. The summed E-state index contributed by atoms with van der Waals surface area (Å²) in [6, 6.07) is 28.1. The molecule has 1 heterocycles. The van der Waals surface area contributed by atoms with Crippen LogP contribution in [0.1, 0.15) is 58.2 Å². The Morgan fingerprint density at radius 3 is 1.83 bits per heavy atom. The number of nitrogens with zero attached hydrogens (tertiary/aromatic N) is 1. The van der Waals surface area contributed by atoms with Crippen molar-refractivity contribution in [2.75, 3.05) is 0 Å². The molecule has 3 aromatic carbocycles. The second kappa shape index (κ2) is 15.3. The van der Waals surface area contributed by atoms with E-state index >= 15 is 0 Å². The summed E-state index contributed by atoms with van der Waals surface area (Å²) < 4.78 is 25.2. The number of rotatable bonds is 14.